The summed E-state index contributed by atoms with van der Waals surface area (Å²) in [5.41, 5.74) is 0.632. The van der Waals surface area contributed by atoms with Gasteiger partial charge in [-0.1, -0.05) is 43.3 Å². The molecule has 1 amide bonds. The first kappa shape index (κ1) is 17.4. The largest absolute Gasteiger partial charge is 0.496 e. The van der Waals surface area contributed by atoms with Crippen molar-refractivity contribution in [1.29, 1.82) is 5.26 Å². The van der Waals surface area contributed by atoms with Crippen LogP contribution >= 0.6 is 0 Å². The van der Waals surface area contributed by atoms with Crippen molar-refractivity contribution in [2.45, 2.75) is 13.0 Å². The van der Waals surface area contributed by atoms with E-state index in [9.17, 15) is 10.1 Å². The van der Waals surface area contributed by atoms with Crippen molar-refractivity contribution >= 4 is 5.91 Å². The molecule has 0 aliphatic rings. The van der Waals surface area contributed by atoms with Crippen LogP contribution in [0.4, 0.5) is 0 Å². The molecule has 0 spiro atoms. The van der Waals surface area contributed by atoms with Gasteiger partial charge in [0.15, 0.2) is 0 Å². The molecule has 2 aromatic rings. The van der Waals surface area contributed by atoms with Crippen molar-refractivity contribution < 1.29 is 14.3 Å². The highest BCUT2D eigenvalue weighted by atomic mass is 16.5. The summed E-state index contributed by atoms with van der Waals surface area (Å²) in [6, 6.07) is 17.8. The lowest BCUT2D eigenvalue weighted by molar-refractivity contribution is -0.125. The summed E-state index contributed by atoms with van der Waals surface area (Å²) < 4.78 is 10.8. The first-order valence-electron chi connectivity index (χ1n) is 7.66. The number of amides is 1. The van der Waals surface area contributed by atoms with E-state index in [2.05, 4.69) is 11.4 Å². The lowest BCUT2D eigenvalue weighted by atomic mass is 10.1. The third-order valence-corrected chi connectivity index (χ3v) is 3.56. The van der Waals surface area contributed by atoms with E-state index in [1.807, 2.05) is 36.4 Å². The van der Waals surface area contributed by atoms with Crippen LogP contribution in [-0.2, 0) is 4.79 Å². The second-order valence-corrected chi connectivity index (χ2v) is 5.34. The van der Waals surface area contributed by atoms with E-state index in [1.165, 1.54) is 7.11 Å². The van der Waals surface area contributed by atoms with E-state index in [-0.39, 0.29) is 12.5 Å². The van der Waals surface area contributed by atoms with Gasteiger partial charge in [-0.25, -0.2) is 0 Å². The summed E-state index contributed by atoms with van der Waals surface area (Å²) >= 11 is 0. The Bertz CT molecular complexity index is 710. The van der Waals surface area contributed by atoms with Gasteiger partial charge in [0.2, 0.25) is 5.91 Å². The van der Waals surface area contributed by atoms with Gasteiger partial charge >= 0.3 is 0 Å². The van der Waals surface area contributed by atoms with Crippen molar-refractivity contribution in [3.05, 3.63) is 60.2 Å². The van der Waals surface area contributed by atoms with E-state index < -0.39 is 12.0 Å². The number of nitrogens with zero attached hydrogens (tertiary/aromatic N) is 1. The molecule has 0 fully saturated rings. The molecule has 1 N–H and O–H groups in total. The summed E-state index contributed by atoms with van der Waals surface area (Å²) in [6.07, 6.45) is 0. The minimum atomic E-state index is -0.771. The predicted octanol–water partition coefficient (Wildman–Crippen LogP) is 3.09. The lowest BCUT2D eigenvalue weighted by Gasteiger charge is -2.18. The van der Waals surface area contributed by atoms with E-state index in [0.29, 0.717) is 17.1 Å². The van der Waals surface area contributed by atoms with Crippen molar-refractivity contribution in [1.82, 2.24) is 5.32 Å². The molecule has 0 bridgehead atoms. The van der Waals surface area contributed by atoms with E-state index in [4.69, 9.17) is 9.47 Å². The van der Waals surface area contributed by atoms with Gasteiger partial charge in [0, 0.05) is 5.56 Å². The molecule has 0 aliphatic heterocycles. The molecule has 24 heavy (non-hydrogen) atoms. The third-order valence-electron chi connectivity index (χ3n) is 3.56. The molecule has 0 saturated heterocycles. The average molecular weight is 324 g/mol. The molecule has 0 heterocycles. The second kappa shape index (κ2) is 8.59. The first-order valence-corrected chi connectivity index (χ1v) is 7.66. The average Bonchev–Trinajstić information content (AvgIpc) is 2.64. The fourth-order valence-corrected chi connectivity index (χ4v) is 2.18. The highest BCUT2D eigenvalue weighted by molar-refractivity contribution is 5.79. The third kappa shape index (κ3) is 4.50. The van der Waals surface area contributed by atoms with Crippen LogP contribution in [0.15, 0.2) is 54.6 Å². The fourth-order valence-electron chi connectivity index (χ4n) is 2.18. The SMILES string of the molecule is COc1ccccc1[C@@H](C#N)NC(=O)[C@H](C)COc1ccccc1. The van der Waals surface area contributed by atoms with Crippen molar-refractivity contribution in [3.63, 3.8) is 0 Å². The smallest absolute Gasteiger partial charge is 0.227 e. The molecule has 5 nitrogen and oxygen atoms in total. The number of nitriles is 1. The Kier molecular flexibility index (Phi) is 6.21. The lowest BCUT2D eigenvalue weighted by Crippen LogP contribution is -2.35. The van der Waals surface area contributed by atoms with Crippen molar-refractivity contribution in [2.75, 3.05) is 13.7 Å². The Morgan fingerprint density at radius 2 is 1.83 bits per heavy atom. The van der Waals surface area contributed by atoms with Gasteiger partial charge in [0.25, 0.3) is 0 Å². The quantitative estimate of drug-likeness (QED) is 0.849. The van der Waals surface area contributed by atoms with Gasteiger partial charge in [-0.3, -0.25) is 4.79 Å². The molecule has 2 aromatic carbocycles. The van der Waals surface area contributed by atoms with Crippen LogP contribution in [0.5, 0.6) is 11.5 Å². The maximum atomic E-state index is 12.3. The molecule has 0 aliphatic carbocycles. The van der Waals surface area contributed by atoms with Crippen LogP contribution < -0.4 is 14.8 Å². The van der Waals surface area contributed by atoms with Gasteiger partial charge < -0.3 is 14.8 Å². The van der Waals surface area contributed by atoms with Crippen LogP contribution in [-0.4, -0.2) is 19.6 Å². The van der Waals surface area contributed by atoms with E-state index in [1.54, 1.807) is 25.1 Å². The molecule has 124 valence electrons. The van der Waals surface area contributed by atoms with Gasteiger partial charge in [-0.15, -0.1) is 0 Å². The molecule has 2 atom stereocenters. The maximum absolute atomic E-state index is 12.3. The number of methoxy groups -OCH3 is 1. The first-order chi connectivity index (χ1) is 11.7. The second-order valence-electron chi connectivity index (χ2n) is 5.34. The number of hydrogen-bond donors (Lipinski definition) is 1. The van der Waals surface area contributed by atoms with Crippen LogP contribution in [0.1, 0.15) is 18.5 Å². The highest BCUT2D eigenvalue weighted by Gasteiger charge is 2.21. The van der Waals surface area contributed by atoms with Crippen molar-refractivity contribution in [2.24, 2.45) is 5.92 Å². The van der Waals surface area contributed by atoms with Gasteiger partial charge in [-0.05, 0) is 18.2 Å². The minimum absolute atomic E-state index is 0.236. The van der Waals surface area contributed by atoms with Gasteiger partial charge in [0.05, 0.1) is 25.7 Å². The summed E-state index contributed by atoms with van der Waals surface area (Å²) in [6.45, 7) is 1.99. The molecule has 0 aromatic heterocycles. The van der Waals surface area contributed by atoms with Gasteiger partial charge in [-0.2, -0.15) is 5.26 Å². The van der Waals surface area contributed by atoms with E-state index >= 15 is 0 Å². The normalized spacial score (nSPS) is 12.5. The molecule has 0 radical (unpaired) electrons. The molecule has 0 unspecified atom stereocenters. The van der Waals surface area contributed by atoms with Gasteiger partial charge in [0.1, 0.15) is 17.5 Å². The molecular weight excluding hydrogens is 304 g/mol. The van der Waals surface area contributed by atoms with Crippen LogP contribution in [0.25, 0.3) is 0 Å². The number of ether oxygens (including phenoxy) is 2. The molecule has 2 rings (SSSR count). The maximum Gasteiger partial charge on any atom is 0.227 e. The molecule has 5 heteroatoms. The van der Waals surface area contributed by atoms with E-state index in [0.717, 1.165) is 0 Å². The Morgan fingerprint density at radius 3 is 2.50 bits per heavy atom. The number of carbonyl (C=O) groups excluding carboxylic acids is 1. The molecular formula is C19H20N2O3. The van der Waals surface area contributed by atoms with Crippen LogP contribution in [0.2, 0.25) is 0 Å². The summed E-state index contributed by atoms with van der Waals surface area (Å²) in [5, 5.41) is 12.1. The number of hydrogen-bond acceptors (Lipinski definition) is 4. The monoisotopic (exact) mass is 324 g/mol. The number of para-hydroxylation sites is 2. The number of nitrogens with one attached hydrogen (secondary N) is 1. The Hall–Kier alpha value is -3.00. The zero-order valence-electron chi connectivity index (χ0n) is 13.7. The Morgan fingerprint density at radius 1 is 1.17 bits per heavy atom. The minimum Gasteiger partial charge on any atom is -0.496 e. The predicted molar refractivity (Wildman–Crippen MR) is 90.6 cm³/mol. The van der Waals surface area contributed by atoms with Crippen LogP contribution in [0.3, 0.4) is 0 Å². The Labute approximate surface area is 141 Å². The molecule has 0 saturated carbocycles. The zero-order valence-corrected chi connectivity index (χ0v) is 13.7. The fraction of sp³-hybridized carbons (Fsp3) is 0.263. The summed E-state index contributed by atoms with van der Waals surface area (Å²) in [5.74, 6) is 0.635. The standard InChI is InChI=1S/C19H20N2O3/c1-14(13-24-15-8-4-3-5-9-15)19(22)21-17(12-20)16-10-6-7-11-18(16)23-2/h3-11,14,17H,13H2,1-2H3,(H,21,22)/t14-,17-/m1/s1. The number of rotatable bonds is 7. The Balaban J connectivity index is 1.97. The van der Waals surface area contributed by atoms with Crippen LogP contribution in [0, 0.1) is 17.2 Å². The number of carbonyl (C=O) groups is 1. The number of benzene rings is 2. The van der Waals surface area contributed by atoms with Crippen molar-refractivity contribution in [3.8, 4) is 17.6 Å². The highest BCUT2D eigenvalue weighted by Crippen LogP contribution is 2.24. The summed E-state index contributed by atoms with van der Waals surface area (Å²) in [4.78, 5) is 12.3. The summed E-state index contributed by atoms with van der Waals surface area (Å²) in [7, 11) is 1.53. The topological polar surface area (TPSA) is 71.3 Å². The zero-order chi connectivity index (χ0) is 17.4.